The van der Waals surface area contributed by atoms with Crippen LogP contribution in [0.4, 0.5) is 13.2 Å². The largest absolute Gasteiger partial charge is 0.490 e. The number of carboxylic acids is 2. The zero-order valence-electron chi connectivity index (χ0n) is 11.7. The van der Waals surface area contributed by atoms with Crippen LogP contribution in [0.15, 0.2) is 24.5 Å². The molecule has 0 bridgehead atoms. The maximum Gasteiger partial charge on any atom is 0.490 e. The Hall–Kier alpha value is -2.49. The summed E-state index contributed by atoms with van der Waals surface area (Å²) < 4.78 is 31.7. The van der Waals surface area contributed by atoms with Crippen LogP contribution >= 0.6 is 11.3 Å². The third kappa shape index (κ3) is 5.66. The highest BCUT2D eigenvalue weighted by atomic mass is 32.1. The van der Waals surface area contributed by atoms with E-state index < -0.39 is 18.1 Å². The number of pyridine rings is 1. The van der Waals surface area contributed by atoms with Crippen molar-refractivity contribution in [2.45, 2.75) is 19.5 Å². The van der Waals surface area contributed by atoms with Crippen molar-refractivity contribution in [1.82, 2.24) is 9.97 Å². The Bertz CT molecular complexity index is 701. The molecule has 10 heteroatoms. The van der Waals surface area contributed by atoms with Crippen LogP contribution in [0, 0.1) is 0 Å². The van der Waals surface area contributed by atoms with Crippen molar-refractivity contribution < 1.29 is 33.0 Å². The number of hydrogen-bond acceptors (Lipinski definition) is 5. The lowest BCUT2D eigenvalue weighted by atomic mass is 10.2. The fraction of sp³-hybridized carbons (Fsp3) is 0.231. The van der Waals surface area contributed by atoms with Crippen molar-refractivity contribution in [2.24, 2.45) is 0 Å². The predicted molar refractivity (Wildman–Crippen MR) is 75.4 cm³/mol. The third-order valence-corrected chi connectivity index (χ3v) is 3.43. The van der Waals surface area contributed by atoms with Crippen molar-refractivity contribution in [2.75, 3.05) is 0 Å². The molecule has 0 aliphatic rings. The molecule has 0 atom stereocenters. The van der Waals surface area contributed by atoms with Crippen molar-refractivity contribution in [3.05, 3.63) is 35.2 Å². The van der Waals surface area contributed by atoms with Crippen molar-refractivity contribution >= 4 is 23.3 Å². The second-order valence-electron chi connectivity index (χ2n) is 4.03. The van der Waals surface area contributed by atoms with Crippen LogP contribution in [0.5, 0.6) is 0 Å². The van der Waals surface area contributed by atoms with Gasteiger partial charge in [0.15, 0.2) is 0 Å². The number of carbonyl (C=O) groups is 2. The molecule has 124 valence electrons. The van der Waals surface area contributed by atoms with Gasteiger partial charge in [0.25, 0.3) is 0 Å². The second-order valence-corrected chi connectivity index (χ2v) is 5.06. The molecular weight excluding hydrogens is 337 g/mol. The summed E-state index contributed by atoms with van der Waals surface area (Å²) in [7, 11) is 0. The van der Waals surface area contributed by atoms with Gasteiger partial charge in [-0.3, -0.25) is 4.98 Å². The number of nitrogens with zero attached hydrogens (tertiary/aromatic N) is 2. The molecule has 2 heterocycles. The zero-order valence-corrected chi connectivity index (χ0v) is 12.5. The first-order valence-corrected chi connectivity index (χ1v) is 6.91. The van der Waals surface area contributed by atoms with E-state index in [2.05, 4.69) is 9.97 Å². The van der Waals surface area contributed by atoms with E-state index in [0.29, 0.717) is 0 Å². The standard InChI is InChI=1S/C11H10N2O2S.C2HF3O2/c1-2-8-5-7(3-4-12-8)9-6-13-10(16-9)11(14)15;3-2(4,5)1(6)7/h3-6H,2H2,1H3,(H,14,15);(H,6,7). The molecule has 0 aromatic carbocycles. The van der Waals surface area contributed by atoms with Gasteiger partial charge < -0.3 is 10.2 Å². The number of aliphatic carboxylic acids is 1. The highest BCUT2D eigenvalue weighted by Gasteiger charge is 2.38. The van der Waals surface area contributed by atoms with Crippen LogP contribution in [-0.4, -0.2) is 38.3 Å². The van der Waals surface area contributed by atoms with E-state index in [1.165, 1.54) is 11.3 Å². The molecular formula is C13H11F3N2O4S. The summed E-state index contributed by atoms with van der Waals surface area (Å²) in [6.45, 7) is 2.03. The maximum atomic E-state index is 10.7. The Morgan fingerprint density at radius 2 is 1.87 bits per heavy atom. The van der Waals surface area contributed by atoms with Gasteiger partial charge in [0.05, 0.1) is 4.88 Å². The third-order valence-electron chi connectivity index (χ3n) is 2.39. The number of hydrogen-bond donors (Lipinski definition) is 2. The Kier molecular flexibility index (Phi) is 6.19. The highest BCUT2D eigenvalue weighted by Crippen LogP contribution is 2.26. The van der Waals surface area contributed by atoms with Gasteiger partial charge in [-0.25, -0.2) is 14.6 Å². The molecule has 2 N–H and O–H groups in total. The van der Waals surface area contributed by atoms with Gasteiger partial charge in [-0.15, -0.1) is 11.3 Å². The van der Waals surface area contributed by atoms with Crippen LogP contribution < -0.4 is 0 Å². The van der Waals surface area contributed by atoms with Crippen LogP contribution in [-0.2, 0) is 11.2 Å². The van der Waals surface area contributed by atoms with Crippen molar-refractivity contribution in [3.8, 4) is 10.4 Å². The summed E-state index contributed by atoms with van der Waals surface area (Å²) in [5.74, 6) is -3.74. The second kappa shape index (κ2) is 7.68. The lowest BCUT2D eigenvalue weighted by Gasteiger charge is -1.98. The molecule has 0 unspecified atom stereocenters. The Morgan fingerprint density at radius 3 is 2.30 bits per heavy atom. The minimum atomic E-state index is -5.08. The quantitative estimate of drug-likeness (QED) is 0.884. The Labute approximate surface area is 132 Å². The van der Waals surface area contributed by atoms with Gasteiger partial charge in [-0.05, 0) is 24.1 Å². The minimum Gasteiger partial charge on any atom is -0.476 e. The number of aromatic nitrogens is 2. The number of aromatic carboxylic acids is 1. The normalized spacial score (nSPS) is 10.6. The first-order valence-electron chi connectivity index (χ1n) is 6.09. The molecule has 2 aromatic heterocycles. The first kappa shape index (κ1) is 18.6. The van der Waals surface area contributed by atoms with E-state index >= 15 is 0 Å². The molecule has 0 saturated carbocycles. The summed E-state index contributed by atoms with van der Waals surface area (Å²) in [5, 5.41) is 16.0. The van der Waals surface area contributed by atoms with Crippen LogP contribution in [0.25, 0.3) is 10.4 Å². The highest BCUT2D eigenvalue weighted by molar-refractivity contribution is 7.16. The predicted octanol–water partition coefficient (Wildman–Crippen LogP) is 3.10. The zero-order chi connectivity index (χ0) is 17.6. The SMILES string of the molecule is CCc1cc(-c2cnc(C(=O)O)s2)ccn1.O=C(O)C(F)(F)F. The summed E-state index contributed by atoms with van der Waals surface area (Å²) in [6, 6.07) is 3.82. The molecule has 2 rings (SSSR count). The van der Waals surface area contributed by atoms with E-state index in [1.807, 2.05) is 19.1 Å². The number of aryl methyl sites for hydroxylation is 1. The number of rotatable bonds is 3. The van der Waals surface area contributed by atoms with Crippen molar-refractivity contribution in [3.63, 3.8) is 0 Å². The van der Waals surface area contributed by atoms with E-state index in [-0.39, 0.29) is 5.01 Å². The van der Waals surface area contributed by atoms with Gasteiger partial charge in [-0.1, -0.05) is 6.92 Å². The summed E-state index contributed by atoms with van der Waals surface area (Å²) >= 11 is 1.17. The minimum absolute atomic E-state index is 0.116. The fourth-order valence-electron chi connectivity index (χ4n) is 1.33. The molecule has 6 nitrogen and oxygen atoms in total. The van der Waals surface area contributed by atoms with Gasteiger partial charge in [0.1, 0.15) is 0 Å². The molecule has 2 aromatic rings. The van der Waals surface area contributed by atoms with Crippen LogP contribution in [0.1, 0.15) is 22.4 Å². The number of alkyl halides is 3. The number of carboxylic acid groups (broad SMARTS) is 2. The molecule has 0 amide bonds. The van der Waals surface area contributed by atoms with Crippen LogP contribution in [0.2, 0.25) is 0 Å². The van der Waals surface area contributed by atoms with Crippen LogP contribution in [0.3, 0.4) is 0 Å². The summed E-state index contributed by atoms with van der Waals surface area (Å²) in [5.41, 5.74) is 1.96. The maximum absolute atomic E-state index is 10.7. The molecule has 0 fully saturated rings. The van der Waals surface area contributed by atoms with Gasteiger partial charge in [0, 0.05) is 18.1 Å². The smallest absolute Gasteiger partial charge is 0.476 e. The van der Waals surface area contributed by atoms with Gasteiger partial charge >= 0.3 is 18.1 Å². The number of halogens is 3. The molecule has 0 saturated heterocycles. The average Bonchev–Trinajstić information content (AvgIpc) is 2.97. The monoisotopic (exact) mass is 348 g/mol. The Morgan fingerprint density at radius 1 is 1.26 bits per heavy atom. The average molecular weight is 348 g/mol. The van der Waals surface area contributed by atoms with E-state index in [1.54, 1.807) is 12.4 Å². The summed E-state index contributed by atoms with van der Waals surface area (Å²) in [6.07, 6.45) is -0.907. The lowest BCUT2D eigenvalue weighted by molar-refractivity contribution is -0.192. The molecule has 23 heavy (non-hydrogen) atoms. The fourth-order valence-corrected chi connectivity index (χ4v) is 2.08. The topological polar surface area (TPSA) is 100 Å². The molecule has 0 aliphatic carbocycles. The summed E-state index contributed by atoms with van der Waals surface area (Å²) in [4.78, 5) is 28.5. The lowest BCUT2D eigenvalue weighted by Crippen LogP contribution is -2.21. The van der Waals surface area contributed by atoms with Gasteiger partial charge in [0.2, 0.25) is 5.01 Å². The first-order chi connectivity index (χ1) is 10.6. The van der Waals surface area contributed by atoms with E-state index in [4.69, 9.17) is 15.0 Å². The van der Waals surface area contributed by atoms with Gasteiger partial charge in [-0.2, -0.15) is 13.2 Å². The molecule has 0 aliphatic heterocycles. The van der Waals surface area contributed by atoms with E-state index in [0.717, 1.165) is 22.6 Å². The van der Waals surface area contributed by atoms with Crippen molar-refractivity contribution in [1.29, 1.82) is 0 Å². The molecule has 0 radical (unpaired) electrons. The Balaban J connectivity index is 0.000000322. The molecule has 0 spiro atoms. The number of thiazole rings is 1. The van der Waals surface area contributed by atoms with E-state index in [9.17, 15) is 18.0 Å².